The standard InChI is InChI=1S/C30H28ClN5O3/c1-6-18(2)28(33-4)22-13-19(3)34-29-21(22)10-7-11-26(29)39-17-23-24(31)14-27(38-5)35-25(23)16-36-12-8-9-20(15-32)30(36)37/h6-14H,16-17H2,1-5H3/b18-6-,33-28?. The predicted octanol–water partition coefficient (Wildman–Crippen LogP) is 5.65. The van der Waals surface area contributed by atoms with Crippen molar-refractivity contribution in [3.8, 4) is 17.7 Å². The third-order valence-corrected chi connectivity index (χ3v) is 6.73. The van der Waals surface area contributed by atoms with Gasteiger partial charge in [0.2, 0.25) is 5.88 Å². The van der Waals surface area contributed by atoms with Gasteiger partial charge in [0.15, 0.2) is 0 Å². The first-order valence-corrected chi connectivity index (χ1v) is 12.6. The SMILES string of the molecule is C/C=C(/C)C(=NC)c1cc(C)nc2c(OCc3c(Cl)cc(OC)nc3Cn3cccc(C#N)c3=O)cccc12. The Labute approximate surface area is 231 Å². The molecule has 0 saturated heterocycles. The highest BCUT2D eigenvalue weighted by atomic mass is 35.5. The summed E-state index contributed by atoms with van der Waals surface area (Å²) in [4.78, 5) is 26.5. The van der Waals surface area contributed by atoms with Crippen LogP contribution in [0.1, 0.15) is 41.9 Å². The molecule has 198 valence electrons. The van der Waals surface area contributed by atoms with Gasteiger partial charge in [0, 0.05) is 41.5 Å². The number of pyridine rings is 3. The van der Waals surface area contributed by atoms with Crippen LogP contribution in [0.25, 0.3) is 10.9 Å². The number of halogens is 1. The molecule has 8 nitrogen and oxygen atoms in total. The smallest absolute Gasteiger partial charge is 0.268 e. The summed E-state index contributed by atoms with van der Waals surface area (Å²) >= 11 is 6.65. The maximum atomic E-state index is 12.7. The lowest BCUT2D eigenvalue weighted by molar-refractivity contribution is 0.306. The van der Waals surface area contributed by atoms with E-state index in [4.69, 9.17) is 26.1 Å². The van der Waals surface area contributed by atoms with Crippen LogP contribution in [0.3, 0.4) is 0 Å². The summed E-state index contributed by atoms with van der Waals surface area (Å²) in [7, 11) is 3.27. The number of aromatic nitrogens is 3. The summed E-state index contributed by atoms with van der Waals surface area (Å²) in [6.45, 7) is 6.11. The van der Waals surface area contributed by atoms with Crippen LogP contribution in [-0.4, -0.2) is 34.4 Å². The van der Waals surface area contributed by atoms with Crippen LogP contribution in [0.4, 0.5) is 0 Å². The Hall–Kier alpha value is -4.48. The number of nitrogens with zero attached hydrogens (tertiary/aromatic N) is 5. The van der Waals surface area contributed by atoms with Crippen molar-refractivity contribution in [3.05, 3.63) is 104 Å². The van der Waals surface area contributed by atoms with E-state index in [2.05, 4.69) is 9.98 Å². The highest BCUT2D eigenvalue weighted by Crippen LogP contribution is 2.31. The molecule has 9 heteroatoms. The number of aryl methyl sites for hydroxylation is 1. The van der Waals surface area contributed by atoms with Crippen molar-refractivity contribution in [1.82, 2.24) is 14.5 Å². The molecule has 0 spiro atoms. The molecule has 0 saturated carbocycles. The minimum absolute atomic E-state index is 0.0421. The largest absolute Gasteiger partial charge is 0.486 e. The lowest BCUT2D eigenvalue weighted by Crippen LogP contribution is -2.23. The molecular weight excluding hydrogens is 514 g/mol. The Morgan fingerprint density at radius 2 is 2.03 bits per heavy atom. The lowest BCUT2D eigenvalue weighted by Gasteiger charge is -2.17. The number of benzene rings is 1. The molecule has 1 aromatic carbocycles. The van der Waals surface area contributed by atoms with Crippen molar-refractivity contribution < 1.29 is 9.47 Å². The highest BCUT2D eigenvalue weighted by molar-refractivity contribution is 6.31. The van der Waals surface area contributed by atoms with E-state index in [1.807, 2.05) is 57.2 Å². The molecular formula is C30H28ClN5O3. The number of aliphatic imine (C=N–C) groups is 1. The molecule has 0 fully saturated rings. The summed E-state index contributed by atoms with van der Waals surface area (Å²) in [5, 5.41) is 10.6. The van der Waals surface area contributed by atoms with E-state index in [0.717, 1.165) is 27.9 Å². The molecule has 4 rings (SSSR count). The second-order valence-electron chi connectivity index (χ2n) is 8.83. The molecule has 0 aliphatic rings. The van der Waals surface area contributed by atoms with Crippen molar-refractivity contribution in [1.29, 1.82) is 5.26 Å². The normalized spacial score (nSPS) is 11.9. The molecule has 0 aliphatic carbocycles. The van der Waals surface area contributed by atoms with Gasteiger partial charge in [-0.25, -0.2) is 9.97 Å². The first kappa shape index (κ1) is 27.6. The molecule has 3 heterocycles. The molecule has 4 aromatic rings. The van der Waals surface area contributed by atoms with Gasteiger partial charge in [-0.05, 0) is 50.6 Å². The average molecular weight is 542 g/mol. The number of methoxy groups -OCH3 is 1. The van der Waals surface area contributed by atoms with E-state index in [9.17, 15) is 10.1 Å². The van der Waals surface area contributed by atoms with Crippen LogP contribution in [0, 0.1) is 18.3 Å². The minimum atomic E-state index is -0.418. The zero-order chi connectivity index (χ0) is 28.1. The fourth-order valence-electron chi connectivity index (χ4n) is 4.32. The molecule has 0 amide bonds. The van der Waals surface area contributed by atoms with E-state index in [0.29, 0.717) is 33.4 Å². The van der Waals surface area contributed by atoms with E-state index in [-0.39, 0.29) is 18.7 Å². The third kappa shape index (κ3) is 5.69. The number of allylic oxidation sites excluding steroid dienone is 2. The maximum absolute atomic E-state index is 12.7. The van der Waals surface area contributed by atoms with Gasteiger partial charge in [0.05, 0.1) is 30.1 Å². The molecule has 3 aromatic heterocycles. The van der Waals surface area contributed by atoms with Crippen LogP contribution in [0.5, 0.6) is 11.6 Å². The van der Waals surface area contributed by atoms with Gasteiger partial charge < -0.3 is 14.0 Å². The van der Waals surface area contributed by atoms with E-state index >= 15 is 0 Å². The first-order valence-electron chi connectivity index (χ1n) is 12.3. The monoisotopic (exact) mass is 541 g/mol. The molecule has 0 bridgehead atoms. The van der Waals surface area contributed by atoms with Gasteiger partial charge in [0.25, 0.3) is 5.56 Å². The van der Waals surface area contributed by atoms with Crippen molar-refractivity contribution in [2.45, 2.75) is 33.9 Å². The highest BCUT2D eigenvalue weighted by Gasteiger charge is 2.18. The van der Waals surface area contributed by atoms with Crippen molar-refractivity contribution in [3.63, 3.8) is 0 Å². The molecule has 0 radical (unpaired) electrons. The molecule has 0 unspecified atom stereocenters. The predicted molar refractivity (Wildman–Crippen MR) is 153 cm³/mol. The van der Waals surface area contributed by atoms with Crippen LogP contribution in [0.15, 0.2) is 70.1 Å². The first-order chi connectivity index (χ1) is 18.8. The number of para-hydroxylation sites is 1. The summed E-state index contributed by atoms with van der Waals surface area (Å²) in [5.41, 5.74) is 5.17. The Morgan fingerprint density at radius 1 is 1.23 bits per heavy atom. The zero-order valence-electron chi connectivity index (χ0n) is 22.4. The van der Waals surface area contributed by atoms with Crippen molar-refractivity contribution in [2.75, 3.05) is 14.2 Å². The Bertz CT molecular complexity index is 1720. The number of nitriles is 1. The van der Waals surface area contributed by atoms with Crippen molar-refractivity contribution >= 4 is 28.2 Å². The zero-order valence-corrected chi connectivity index (χ0v) is 23.2. The Morgan fingerprint density at radius 3 is 2.72 bits per heavy atom. The summed E-state index contributed by atoms with van der Waals surface area (Å²) in [6, 6.07) is 14.4. The van der Waals surface area contributed by atoms with Gasteiger partial charge in [-0.3, -0.25) is 9.79 Å². The molecule has 0 atom stereocenters. The molecule has 0 N–H and O–H groups in total. The Kier molecular flexibility index (Phi) is 8.43. The number of hydrogen-bond acceptors (Lipinski definition) is 7. The fourth-order valence-corrected chi connectivity index (χ4v) is 4.58. The minimum Gasteiger partial charge on any atom is -0.486 e. The number of rotatable bonds is 8. The van der Waals surface area contributed by atoms with Crippen molar-refractivity contribution in [2.24, 2.45) is 4.99 Å². The Balaban J connectivity index is 1.76. The summed E-state index contributed by atoms with van der Waals surface area (Å²) in [5.74, 6) is 0.883. The van der Waals surface area contributed by atoms with Crippen LogP contribution < -0.4 is 15.0 Å². The van der Waals surface area contributed by atoms with E-state index < -0.39 is 5.56 Å². The number of hydrogen-bond donors (Lipinski definition) is 0. The summed E-state index contributed by atoms with van der Waals surface area (Å²) in [6.07, 6.45) is 3.63. The summed E-state index contributed by atoms with van der Waals surface area (Å²) < 4.78 is 13.0. The van der Waals surface area contributed by atoms with Gasteiger partial charge in [-0.2, -0.15) is 5.26 Å². The second-order valence-corrected chi connectivity index (χ2v) is 9.24. The van der Waals surface area contributed by atoms with Gasteiger partial charge in [-0.15, -0.1) is 0 Å². The van der Waals surface area contributed by atoms with Crippen LogP contribution >= 0.6 is 11.6 Å². The van der Waals surface area contributed by atoms with E-state index in [1.165, 1.54) is 17.7 Å². The quantitative estimate of drug-likeness (QED) is 0.267. The topological polar surface area (TPSA) is 102 Å². The maximum Gasteiger partial charge on any atom is 0.268 e. The molecule has 39 heavy (non-hydrogen) atoms. The van der Waals surface area contributed by atoms with Gasteiger partial charge in [0.1, 0.15) is 29.5 Å². The number of ether oxygens (including phenoxy) is 2. The van der Waals surface area contributed by atoms with E-state index in [1.54, 1.807) is 25.4 Å². The lowest BCUT2D eigenvalue weighted by atomic mass is 9.98. The second kappa shape index (κ2) is 11.9. The van der Waals surface area contributed by atoms with Gasteiger partial charge in [-0.1, -0.05) is 29.8 Å². The van der Waals surface area contributed by atoms with Gasteiger partial charge >= 0.3 is 0 Å². The molecule has 0 aliphatic heterocycles. The fraction of sp³-hybridized carbons (Fsp3) is 0.233. The van der Waals surface area contributed by atoms with Crippen LogP contribution in [0.2, 0.25) is 5.02 Å². The third-order valence-electron chi connectivity index (χ3n) is 6.39. The van der Waals surface area contributed by atoms with Crippen LogP contribution in [-0.2, 0) is 13.2 Å². The number of fused-ring (bicyclic) bond motifs is 1. The average Bonchev–Trinajstić information content (AvgIpc) is 2.93.